The van der Waals surface area contributed by atoms with E-state index in [-0.39, 0.29) is 17.1 Å². The standard InChI is InChI=1S/C14H13ClN2O4S2/c15-11-4-6-13(7-5-11)22-9-8-16-23(20,21)14-3-1-2-12(10-14)17(18)19/h1-7,10,16H,8-9H2. The van der Waals surface area contributed by atoms with Gasteiger partial charge in [-0.3, -0.25) is 10.1 Å². The minimum absolute atomic E-state index is 0.122. The predicted molar refractivity (Wildman–Crippen MR) is 90.5 cm³/mol. The lowest BCUT2D eigenvalue weighted by molar-refractivity contribution is -0.385. The van der Waals surface area contributed by atoms with E-state index in [1.807, 2.05) is 12.1 Å². The van der Waals surface area contributed by atoms with E-state index in [2.05, 4.69) is 4.72 Å². The average molecular weight is 373 g/mol. The third kappa shape index (κ3) is 5.21. The molecule has 2 rings (SSSR count). The molecule has 0 amide bonds. The first-order chi connectivity index (χ1) is 10.9. The Morgan fingerprint density at radius 2 is 1.87 bits per heavy atom. The highest BCUT2D eigenvalue weighted by Crippen LogP contribution is 2.20. The molecule has 0 fully saturated rings. The van der Waals surface area contributed by atoms with Crippen molar-refractivity contribution in [1.82, 2.24) is 4.72 Å². The van der Waals surface area contributed by atoms with E-state index in [0.717, 1.165) is 11.0 Å². The highest BCUT2D eigenvalue weighted by Gasteiger charge is 2.16. The van der Waals surface area contributed by atoms with Crippen LogP contribution in [0.2, 0.25) is 5.02 Å². The molecule has 0 saturated carbocycles. The number of sulfonamides is 1. The number of nitro benzene ring substituents is 1. The van der Waals surface area contributed by atoms with Gasteiger partial charge in [-0.2, -0.15) is 0 Å². The normalized spacial score (nSPS) is 11.3. The Labute approximate surface area is 143 Å². The molecule has 122 valence electrons. The number of nitrogens with one attached hydrogen (secondary N) is 1. The molecule has 0 aliphatic heterocycles. The SMILES string of the molecule is O=[N+]([O-])c1cccc(S(=O)(=O)NCCSc2ccc(Cl)cc2)c1. The topological polar surface area (TPSA) is 89.3 Å². The zero-order chi connectivity index (χ0) is 16.9. The van der Waals surface area contributed by atoms with Gasteiger partial charge < -0.3 is 0 Å². The van der Waals surface area contributed by atoms with Gasteiger partial charge in [0, 0.05) is 34.3 Å². The van der Waals surface area contributed by atoms with Crippen LogP contribution < -0.4 is 4.72 Å². The highest BCUT2D eigenvalue weighted by atomic mass is 35.5. The van der Waals surface area contributed by atoms with Gasteiger partial charge >= 0.3 is 0 Å². The Morgan fingerprint density at radius 1 is 1.17 bits per heavy atom. The number of rotatable bonds is 7. The van der Waals surface area contributed by atoms with Crippen LogP contribution in [0.5, 0.6) is 0 Å². The van der Waals surface area contributed by atoms with Gasteiger partial charge in [-0.15, -0.1) is 11.8 Å². The van der Waals surface area contributed by atoms with Gasteiger partial charge in [0.25, 0.3) is 5.69 Å². The second kappa shape index (κ2) is 7.78. The van der Waals surface area contributed by atoms with Gasteiger partial charge in [0.15, 0.2) is 0 Å². The Kier molecular flexibility index (Phi) is 6.00. The van der Waals surface area contributed by atoms with Crippen LogP contribution in [0.25, 0.3) is 0 Å². The molecule has 9 heteroatoms. The van der Waals surface area contributed by atoms with Crippen LogP contribution >= 0.6 is 23.4 Å². The van der Waals surface area contributed by atoms with Crippen LogP contribution in [0, 0.1) is 10.1 Å². The number of benzene rings is 2. The third-order valence-electron chi connectivity index (χ3n) is 2.82. The Hall–Kier alpha value is -1.61. The van der Waals surface area contributed by atoms with Crippen molar-refractivity contribution in [1.29, 1.82) is 0 Å². The maximum atomic E-state index is 12.1. The molecule has 0 unspecified atom stereocenters. The molecule has 0 spiro atoms. The maximum absolute atomic E-state index is 12.1. The van der Waals surface area contributed by atoms with E-state index in [1.54, 1.807) is 12.1 Å². The first-order valence-electron chi connectivity index (χ1n) is 6.51. The minimum Gasteiger partial charge on any atom is -0.258 e. The second-order valence-electron chi connectivity index (χ2n) is 4.45. The largest absolute Gasteiger partial charge is 0.270 e. The molecule has 1 N–H and O–H groups in total. The lowest BCUT2D eigenvalue weighted by atomic mass is 10.3. The van der Waals surface area contributed by atoms with Crippen LogP contribution in [-0.4, -0.2) is 25.6 Å². The van der Waals surface area contributed by atoms with Crippen molar-refractivity contribution in [3.05, 3.63) is 63.7 Å². The summed E-state index contributed by atoms with van der Waals surface area (Å²) in [6, 6.07) is 12.2. The first-order valence-corrected chi connectivity index (χ1v) is 9.36. The summed E-state index contributed by atoms with van der Waals surface area (Å²) in [5.74, 6) is 0.524. The molecule has 0 aliphatic rings. The van der Waals surface area contributed by atoms with Crippen molar-refractivity contribution in [3.8, 4) is 0 Å². The van der Waals surface area contributed by atoms with Gasteiger partial charge in [0.1, 0.15) is 0 Å². The molecule has 2 aromatic rings. The quantitative estimate of drug-likeness (QED) is 0.348. The van der Waals surface area contributed by atoms with Crippen molar-refractivity contribution in [2.45, 2.75) is 9.79 Å². The van der Waals surface area contributed by atoms with E-state index < -0.39 is 14.9 Å². The Balaban J connectivity index is 1.92. The molecule has 0 radical (unpaired) electrons. The van der Waals surface area contributed by atoms with Crippen LogP contribution in [0.15, 0.2) is 58.3 Å². The molecule has 0 aliphatic carbocycles. The zero-order valence-corrected chi connectivity index (χ0v) is 14.2. The highest BCUT2D eigenvalue weighted by molar-refractivity contribution is 7.99. The number of hydrogen-bond acceptors (Lipinski definition) is 5. The number of halogens is 1. The molecule has 0 heterocycles. The smallest absolute Gasteiger partial charge is 0.258 e. The van der Waals surface area contributed by atoms with Crippen molar-refractivity contribution in [2.75, 3.05) is 12.3 Å². The minimum atomic E-state index is -3.77. The lowest BCUT2D eigenvalue weighted by Gasteiger charge is -2.06. The fourth-order valence-electron chi connectivity index (χ4n) is 1.72. The molecule has 6 nitrogen and oxygen atoms in total. The molecule has 0 atom stereocenters. The molecule has 0 saturated heterocycles. The van der Waals surface area contributed by atoms with E-state index >= 15 is 0 Å². The van der Waals surface area contributed by atoms with E-state index in [1.165, 1.54) is 30.0 Å². The number of nitro groups is 1. The molecule has 2 aromatic carbocycles. The monoisotopic (exact) mass is 372 g/mol. The summed E-state index contributed by atoms with van der Waals surface area (Å²) >= 11 is 7.27. The van der Waals surface area contributed by atoms with E-state index in [9.17, 15) is 18.5 Å². The number of nitrogens with zero attached hydrogens (tertiary/aromatic N) is 1. The Bertz CT molecular complexity index is 795. The number of non-ortho nitro benzene ring substituents is 1. The van der Waals surface area contributed by atoms with Crippen molar-refractivity contribution < 1.29 is 13.3 Å². The summed E-state index contributed by atoms with van der Waals surface area (Å²) in [6.07, 6.45) is 0. The number of thioether (sulfide) groups is 1. The average Bonchev–Trinajstić information content (AvgIpc) is 2.53. The molecule has 23 heavy (non-hydrogen) atoms. The molecule has 0 aromatic heterocycles. The van der Waals surface area contributed by atoms with E-state index in [0.29, 0.717) is 10.8 Å². The van der Waals surface area contributed by atoms with Crippen LogP contribution in [0.3, 0.4) is 0 Å². The van der Waals surface area contributed by atoms with Crippen molar-refractivity contribution in [3.63, 3.8) is 0 Å². The molecule has 0 bridgehead atoms. The fraction of sp³-hybridized carbons (Fsp3) is 0.143. The first kappa shape index (κ1) is 17.7. The summed E-state index contributed by atoms with van der Waals surface area (Å²) in [5.41, 5.74) is -0.261. The Morgan fingerprint density at radius 3 is 2.52 bits per heavy atom. The molecular weight excluding hydrogens is 360 g/mol. The van der Waals surface area contributed by atoms with Crippen LogP contribution in [0.1, 0.15) is 0 Å². The zero-order valence-electron chi connectivity index (χ0n) is 11.8. The van der Waals surface area contributed by atoms with E-state index in [4.69, 9.17) is 11.6 Å². The summed E-state index contributed by atoms with van der Waals surface area (Å²) < 4.78 is 26.6. The van der Waals surface area contributed by atoms with Crippen LogP contribution in [-0.2, 0) is 10.0 Å². The molecular formula is C14H13ClN2O4S2. The lowest BCUT2D eigenvalue weighted by Crippen LogP contribution is -2.26. The van der Waals surface area contributed by atoms with Gasteiger partial charge in [-0.25, -0.2) is 13.1 Å². The second-order valence-corrected chi connectivity index (χ2v) is 7.83. The number of hydrogen-bond donors (Lipinski definition) is 1. The summed E-state index contributed by atoms with van der Waals surface area (Å²) in [7, 11) is -3.77. The summed E-state index contributed by atoms with van der Waals surface area (Å²) in [5, 5.41) is 11.3. The fourth-order valence-corrected chi connectivity index (χ4v) is 3.82. The predicted octanol–water partition coefficient (Wildman–Crippen LogP) is 3.32. The van der Waals surface area contributed by atoms with Crippen LogP contribution in [0.4, 0.5) is 5.69 Å². The summed E-state index contributed by atoms with van der Waals surface area (Å²) in [4.78, 5) is 10.9. The third-order valence-corrected chi connectivity index (χ3v) is 5.54. The van der Waals surface area contributed by atoms with Gasteiger partial charge in [-0.1, -0.05) is 17.7 Å². The van der Waals surface area contributed by atoms with Crippen molar-refractivity contribution in [2.24, 2.45) is 0 Å². The maximum Gasteiger partial charge on any atom is 0.270 e. The van der Waals surface area contributed by atoms with Gasteiger partial charge in [0.05, 0.1) is 9.82 Å². The van der Waals surface area contributed by atoms with Gasteiger partial charge in [0.2, 0.25) is 10.0 Å². The van der Waals surface area contributed by atoms with Gasteiger partial charge in [-0.05, 0) is 30.3 Å². The van der Waals surface area contributed by atoms with Crippen molar-refractivity contribution >= 4 is 39.1 Å². The summed E-state index contributed by atoms with van der Waals surface area (Å²) in [6.45, 7) is 0.207.